The first-order valence-electron chi connectivity index (χ1n) is 8.99. The van der Waals surface area contributed by atoms with Crippen molar-refractivity contribution in [3.05, 3.63) is 63.9 Å². The van der Waals surface area contributed by atoms with Gasteiger partial charge in [0, 0.05) is 33.8 Å². The number of urea groups is 1. The summed E-state index contributed by atoms with van der Waals surface area (Å²) in [5.74, 6) is 1.07. The summed E-state index contributed by atoms with van der Waals surface area (Å²) in [7, 11) is 0. The number of benzene rings is 2. The number of likely N-dealkylation sites (tertiary alicyclic amines) is 1. The second kappa shape index (κ2) is 8.32. The fraction of sp³-hybridized carbons (Fsp3) is 0.250. The Balaban J connectivity index is 1.44. The predicted octanol–water partition coefficient (Wildman–Crippen LogP) is 5.56. The smallest absolute Gasteiger partial charge is 0.321 e. The molecule has 1 aliphatic heterocycles. The van der Waals surface area contributed by atoms with E-state index in [0.29, 0.717) is 29.8 Å². The summed E-state index contributed by atoms with van der Waals surface area (Å²) in [6.07, 6.45) is 1.78. The Morgan fingerprint density at radius 1 is 1.25 bits per heavy atom. The molecule has 1 saturated heterocycles. The summed E-state index contributed by atoms with van der Waals surface area (Å²) in [6, 6.07) is 14.7. The van der Waals surface area contributed by atoms with E-state index in [2.05, 4.69) is 31.4 Å². The average molecular weight is 462 g/mol. The van der Waals surface area contributed by atoms with Crippen molar-refractivity contribution in [3.8, 4) is 11.4 Å². The lowest BCUT2D eigenvalue weighted by Crippen LogP contribution is -2.41. The molecule has 4 rings (SSSR count). The second-order valence-electron chi connectivity index (χ2n) is 6.69. The largest absolute Gasteiger partial charge is 0.339 e. The van der Waals surface area contributed by atoms with E-state index in [0.717, 1.165) is 28.6 Å². The molecule has 1 aromatic heterocycles. The zero-order valence-corrected chi connectivity index (χ0v) is 17.3. The van der Waals surface area contributed by atoms with Crippen molar-refractivity contribution in [2.45, 2.75) is 18.8 Å². The van der Waals surface area contributed by atoms with Crippen molar-refractivity contribution >= 4 is 39.2 Å². The number of hydrogen-bond donors (Lipinski definition) is 1. The van der Waals surface area contributed by atoms with Crippen molar-refractivity contribution in [1.82, 2.24) is 15.0 Å². The van der Waals surface area contributed by atoms with Crippen LogP contribution < -0.4 is 5.32 Å². The first-order valence-corrected chi connectivity index (χ1v) is 10.2. The van der Waals surface area contributed by atoms with Gasteiger partial charge in [0.2, 0.25) is 11.7 Å². The quantitative estimate of drug-likeness (QED) is 0.554. The summed E-state index contributed by atoms with van der Waals surface area (Å²) < 4.78 is 6.41. The van der Waals surface area contributed by atoms with Crippen molar-refractivity contribution in [2.75, 3.05) is 18.4 Å². The maximum Gasteiger partial charge on any atom is 0.321 e. The summed E-state index contributed by atoms with van der Waals surface area (Å²) >= 11 is 9.45. The van der Waals surface area contributed by atoms with Gasteiger partial charge in [-0.3, -0.25) is 0 Å². The molecule has 0 bridgehead atoms. The number of nitrogens with zero attached hydrogens (tertiary/aromatic N) is 3. The van der Waals surface area contributed by atoms with Crippen LogP contribution in [0.3, 0.4) is 0 Å². The topological polar surface area (TPSA) is 71.3 Å². The molecule has 1 N–H and O–H groups in total. The third kappa shape index (κ3) is 4.36. The molecular weight excluding hydrogens is 444 g/mol. The molecule has 1 unspecified atom stereocenters. The van der Waals surface area contributed by atoms with Crippen LogP contribution in [-0.4, -0.2) is 34.2 Å². The summed E-state index contributed by atoms with van der Waals surface area (Å²) in [5.41, 5.74) is 1.56. The molecule has 0 radical (unpaired) electrons. The number of piperidine rings is 1. The molecule has 0 spiro atoms. The molecule has 2 amide bonds. The lowest BCUT2D eigenvalue weighted by Gasteiger charge is -2.31. The average Bonchev–Trinajstić information content (AvgIpc) is 3.18. The summed E-state index contributed by atoms with van der Waals surface area (Å²) in [4.78, 5) is 19.0. The highest BCUT2D eigenvalue weighted by atomic mass is 79.9. The SMILES string of the molecule is O=C(Nc1cccc(Br)c1)N1CCCC(c2nc(-c3cccc(Cl)c3)no2)C1. The molecule has 8 heteroatoms. The number of rotatable bonds is 3. The number of carbonyl (C=O) groups is 1. The van der Waals surface area contributed by atoms with E-state index in [9.17, 15) is 4.79 Å². The van der Waals surface area contributed by atoms with E-state index < -0.39 is 0 Å². The van der Waals surface area contributed by atoms with Crippen LogP contribution in [0.25, 0.3) is 11.4 Å². The first kappa shape index (κ1) is 19.0. The van der Waals surface area contributed by atoms with Gasteiger partial charge in [-0.05, 0) is 43.2 Å². The Labute approximate surface area is 176 Å². The van der Waals surface area contributed by atoms with E-state index in [1.807, 2.05) is 36.4 Å². The van der Waals surface area contributed by atoms with Gasteiger partial charge in [-0.1, -0.05) is 50.9 Å². The Kier molecular flexibility index (Phi) is 5.64. The van der Waals surface area contributed by atoms with Crippen molar-refractivity contribution < 1.29 is 9.32 Å². The third-order valence-electron chi connectivity index (χ3n) is 4.66. The fourth-order valence-electron chi connectivity index (χ4n) is 3.28. The molecule has 2 aromatic carbocycles. The van der Waals surface area contributed by atoms with Gasteiger partial charge in [-0.25, -0.2) is 4.79 Å². The van der Waals surface area contributed by atoms with E-state index in [4.69, 9.17) is 16.1 Å². The minimum Gasteiger partial charge on any atom is -0.339 e. The van der Waals surface area contributed by atoms with Crippen LogP contribution in [0, 0.1) is 0 Å². The van der Waals surface area contributed by atoms with Crippen molar-refractivity contribution in [3.63, 3.8) is 0 Å². The third-order valence-corrected chi connectivity index (χ3v) is 5.39. The number of hydrogen-bond acceptors (Lipinski definition) is 4. The Bertz CT molecular complexity index is 994. The lowest BCUT2D eigenvalue weighted by atomic mass is 9.98. The highest BCUT2D eigenvalue weighted by molar-refractivity contribution is 9.10. The molecule has 1 atom stereocenters. The van der Waals surface area contributed by atoms with Crippen LogP contribution in [0.4, 0.5) is 10.5 Å². The van der Waals surface area contributed by atoms with E-state index >= 15 is 0 Å². The molecule has 6 nitrogen and oxygen atoms in total. The molecule has 0 aliphatic carbocycles. The van der Waals surface area contributed by atoms with Crippen LogP contribution in [0.1, 0.15) is 24.7 Å². The Morgan fingerprint density at radius 3 is 2.93 bits per heavy atom. The zero-order valence-electron chi connectivity index (χ0n) is 14.9. The van der Waals surface area contributed by atoms with Gasteiger partial charge < -0.3 is 14.7 Å². The number of nitrogens with one attached hydrogen (secondary N) is 1. The van der Waals surface area contributed by atoms with Crippen molar-refractivity contribution in [2.24, 2.45) is 0 Å². The van der Waals surface area contributed by atoms with Crippen LogP contribution >= 0.6 is 27.5 Å². The second-order valence-corrected chi connectivity index (χ2v) is 8.04. The van der Waals surface area contributed by atoms with E-state index in [1.165, 1.54) is 0 Å². The first-order chi connectivity index (χ1) is 13.6. The van der Waals surface area contributed by atoms with Gasteiger partial charge in [0.15, 0.2) is 0 Å². The van der Waals surface area contributed by atoms with E-state index in [-0.39, 0.29) is 11.9 Å². The lowest BCUT2D eigenvalue weighted by molar-refractivity contribution is 0.184. The molecular formula is C20H18BrClN4O2. The summed E-state index contributed by atoms with van der Waals surface area (Å²) in [6.45, 7) is 1.24. The Hall–Kier alpha value is -2.38. The van der Waals surface area contributed by atoms with Crippen LogP contribution in [0.15, 0.2) is 57.5 Å². The van der Waals surface area contributed by atoms with Gasteiger partial charge in [0.1, 0.15) is 0 Å². The minimum absolute atomic E-state index is 0.0162. The fourth-order valence-corrected chi connectivity index (χ4v) is 3.87. The highest BCUT2D eigenvalue weighted by Gasteiger charge is 2.28. The molecule has 1 fully saturated rings. The van der Waals surface area contributed by atoms with Crippen LogP contribution in [-0.2, 0) is 0 Å². The monoisotopic (exact) mass is 460 g/mol. The zero-order chi connectivity index (χ0) is 19.5. The molecule has 28 heavy (non-hydrogen) atoms. The maximum atomic E-state index is 12.6. The van der Waals surface area contributed by atoms with Gasteiger partial charge in [0.25, 0.3) is 0 Å². The number of aromatic nitrogens is 2. The normalized spacial score (nSPS) is 16.8. The van der Waals surface area contributed by atoms with Crippen LogP contribution in [0.2, 0.25) is 5.02 Å². The predicted molar refractivity (Wildman–Crippen MR) is 111 cm³/mol. The van der Waals surface area contributed by atoms with Gasteiger partial charge in [-0.2, -0.15) is 4.98 Å². The number of halogens is 2. The molecule has 2 heterocycles. The van der Waals surface area contributed by atoms with Gasteiger partial charge in [-0.15, -0.1) is 0 Å². The van der Waals surface area contributed by atoms with Gasteiger partial charge >= 0.3 is 6.03 Å². The molecule has 1 aliphatic rings. The minimum atomic E-state index is -0.127. The highest BCUT2D eigenvalue weighted by Crippen LogP contribution is 2.28. The van der Waals surface area contributed by atoms with E-state index in [1.54, 1.807) is 17.0 Å². The number of amides is 2. The Morgan fingerprint density at radius 2 is 2.11 bits per heavy atom. The number of carbonyl (C=O) groups excluding carboxylic acids is 1. The van der Waals surface area contributed by atoms with Crippen molar-refractivity contribution in [1.29, 1.82) is 0 Å². The van der Waals surface area contributed by atoms with Crippen LogP contribution in [0.5, 0.6) is 0 Å². The molecule has 144 valence electrons. The standard InChI is InChI=1S/C20H18BrClN4O2/c21-15-6-2-8-17(11-15)23-20(27)26-9-3-5-14(12-26)19-24-18(25-28-19)13-4-1-7-16(22)10-13/h1-2,4,6-8,10-11,14H,3,5,9,12H2,(H,23,27). The number of anilines is 1. The maximum absolute atomic E-state index is 12.6. The molecule has 3 aromatic rings. The van der Waals surface area contributed by atoms with Gasteiger partial charge in [0.05, 0.1) is 5.92 Å². The molecule has 0 saturated carbocycles. The summed E-state index contributed by atoms with van der Waals surface area (Å²) in [5, 5.41) is 7.64.